The third kappa shape index (κ3) is 4.27. The Kier molecular flexibility index (Phi) is 4.64. The number of hydrogen-bond donors (Lipinski definition) is 0. The summed E-state index contributed by atoms with van der Waals surface area (Å²) in [5.74, 6) is -3.92. The zero-order valence-corrected chi connectivity index (χ0v) is 24.9. The molecule has 0 spiro atoms. The van der Waals surface area contributed by atoms with Gasteiger partial charge >= 0.3 is 0 Å². The summed E-state index contributed by atoms with van der Waals surface area (Å²) in [7, 11) is 1.89. The molecule has 0 bridgehead atoms. The van der Waals surface area contributed by atoms with Gasteiger partial charge in [0.25, 0.3) is 5.82 Å². The fourth-order valence-corrected chi connectivity index (χ4v) is 6.25. The molecule has 2 atom stereocenters. The zero-order chi connectivity index (χ0) is 36.8. The van der Waals surface area contributed by atoms with Crippen LogP contribution in [-0.2, 0) is 7.05 Å². The second kappa shape index (κ2) is 10.2. The second-order valence-corrected chi connectivity index (χ2v) is 11.3. The lowest BCUT2D eigenvalue weighted by Gasteiger charge is -2.21. The maximum absolute atomic E-state index is 9.57. The minimum atomic E-state index is -2.84. The lowest BCUT2D eigenvalue weighted by Crippen LogP contribution is -2.30. The number of nitrogens with zero attached hydrogens (tertiary/aromatic N) is 3. The number of benzene rings is 4. The van der Waals surface area contributed by atoms with E-state index in [0.29, 0.717) is 39.3 Å². The van der Waals surface area contributed by atoms with Crippen LogP contribution in [0.15, 0.2) is 95.4 Å². The first kappa shape index (κ1) is 19.5. The molecule has 2 unspecified atom stereocenters. The summed E-state index contributed by atoms with van der Waals surface area (Å²) in [4.78, 5) is 4.65. The number of furan rings is 1. The van der Waals surface area contributed by atoms with Gasteiger partial charge in [-0.05, 0) is 78.7 Å². The summed E-state index contributed by atoms with van der Waals surface area (Å²) in [5.41, 5.74) is 6.25. The van der Waals surface area contributed by atoms with Crippen LogP contribution in [0.25, 0.3) is 61.3 Å². The first-order valence-electron chi connectivity index (χ1n) is 18.4. The van der Waals surface area contributed by atoms with E-state index in [-0.39, 0.29) is 16.8 Å². The Morgan fingerprint density at radius 3 is 2.21 bits per heavy atom. The van der Waals surface area contributed by atoms with Gasteiger partial charge in [0.1, 0.15) is 11.3 Å². The van der Waals surface area contributed by atoms with Crippen molar-refractivity contribution in [3.63, 3.8) is 0 Å². The molecule has 0 fully saturated rings. The minimum absolute atomic E-state index is 0.0657. The van der Waals surface area contributed by atoms with Gasteiger partial charge in [-0.2, -0.15) is 4.57 Å². The van der Waals surface area contributed by atoms with E-state index in [2.05, 4.69) is 4.98 Å². The highest BCUT2D eigenvalue weighted by atomic mass is 16.3. The van der Waals surface area contributed by atoms with Crippen LogP contribution in [0.5, 0.6) is 0 Å². The van der Waals surface area contributed by atoms with E-state index in [4.69, 9.17) is 12.6 Å². The molecule has 0 aliphatic carbocycles. The number of fused-ring (bicyclic) bond motifs is 4. The van der Waals surface area contributed by atoms with Crippen molar-refractivity contribution in [2.45, 2.75) is 53.2 Å². The molecule has 0 radical (unpaired) electrons. The molecule has 0 amide bonds. The zero-order valence-electron chi connectivity index (χ0n) is 32.9. The van der Waals surface area contributed by atoms with E-state index < -0.39 is 25.5 Å². The number of aromatic nitrogens is 3. The van der Waals surface area contributed by atoms with Gasteiger partial charge in [0, 0.05) is 38.6 Å². The van der Waals surface area contributed by atoms with Gasteiger partial charge in [0.05, 0.1) is 7.05 Å². The average molecular weight is 573 g/mol. The van der Waals surface area contributed by atoms with Crippen molar-refractivity contribution in [2.75, 3.05) is 0 Å². The smallest absolute Gasteiger partial charge is 0.299 e. The molecule has 43 heavy (non-hydrogen) atoms. The quantitative estimate of drug-likeness (QED) is 0.192. The number of pyridine rings is 1. The van der Waals surface area contributed by atoms with Gasteiger partial charge in [-0.3, -0.25) is 0 Å². The molecule has 4 heteroatoms. The fourth-order valence-electron chi connectivity index (χ4n) is 6.25. The van der Waals surface area contributed by atoms with Crippen LogP contribution in [0.2, 0.25) is 0 Å². The number of hydrogen-bond acceptors (Lipinski definition) is 2. The third-order valence-electron chi connectivity index (χ3n) is 8.34. The summed E-state index contributed by atoms with van der Waals surface area (Å²) in [6, 6.07) is 28.0. The van der Waals surface area contributed by atoms with Crippen LogP contribution >= 0.6 is 0 Å². The van der Waals surface area contributed by atoms with Crippen molar-refractivity contribution in [3.8, 4) is 28.2 Å². The molecular weight excluding hydrogens is 526 g/mol. The molecule has 0 saturated heterocycles. The van der Waals surface area contributed by atoms with Crippen LogP contribution in [0.1, 0.15) is 72.7 Å². The summed E-state index contributed by atoms with van der Waals surface area (Å²) in [5, 5.41) is 1.66. The van der Waals surface area contributed by atoms with E-state index in [1.165, 1.54) is 13.8 Å². The van der Waals surface area contributed by atoms with Gasteiger partial charge in [-0.15, -0.1) is 0 Å². The van der Waals surface area contributed by atoms with Crippen molar-refractivity contribution >= 4 is 33.1 Å². The molecular formula is C39H38N3O+. The Morgan fingerprint density at radius 1 is 0.814 bits per heavy atom. The van der Waals surface area contributed by atoms with Gasteiger partial charge in [-0.1, -0.05) is 82.1 Å². The molecule has 0 aliphatic rings. The molecule has 3 aromatic heterocycles. The highest BCUT2D eigenvalue weighted by Gasteiger charge is 2.34. The van der Waals surface area contributed by atoms with E-state index in [1.807, 2.05) is 109 Å². The average Bonchev–Trinajstić information content (AvgIpc) is 3.57. The van der Waals surface area contributed by atoms with Crippen molar-refractivity contribution in [2.24, 2.45) is 7.05 Å². The lowest BCUT2D eigenvalue weighted by atomic mass is 9.88. The number of aryl methyl sites for hydroxylation is 3. The van der Waals surface area contributed by atoms with Gasteiger partial charge in [0.2, 0.25) is 5.71 Å². The molecule has 0 saturated carbocycles. The minimum Gasteiger partial charge on any atom is -0.437 e. The lowest BCUT2D eigenvalue weighted by molar-refractivity contribution is -0.633. The van der Waals surface area contributed by atoms with Gasteiger partial charge in [-0.25, -0.2) is 9.55 Å². The summed E-state index contributed by atoms with van der Waals surface area (Å²) < 4.78 is 81.2. The first-order chi connectivity index (χ1) is 23.8. The Bertz CT molecular complexity index is 2440. The van der Waals surface area contributed by atoms with Crippen molar-refractivity contribution in [1.29, 1.82) is 0 Å². The van der Waals surface area contributed by atoms with Crippen molar-refractivity contribution in [3.05, 3.63) is 113 Å². The molecule has 7 aromatic rings. The number of rotatable bonds is 5. The van der Waals surface area contributed by atoms with E-state index in [1.54, 1.807) is 12.1 Å². The van der Waals surface area contributed by atoms with Crippen LogP contribution in [0, 0.1) is 13.8 Å². The topological polar surface area (TPSA) is 34.8 Å². The number of para-hydroxylation sites is 2. The van der Waals surface area contributed by atoms with Crippen LogP contribution < -0.4 is 4.57 Å². The summed E-state index contributed by atoms with van der Waals surface area (Å²) in [6.45, 7) is 0.838. The van der Waals surface area contributed by atoms with Crippen LogP contribution in [-0.4, -0.2) is 9.55 Å². The Morgan fingerprint density at radius 2 is 1.49 bits per heavy atom. The first-order valence-corrected chi connectivity index (χ1v) is 14.4. The Balaban J connectivity index is 1.74. The Hall–Kier alpha value is -4.70. The molecule has 4 aromatic carbocycles. The molecule has 3 heterocycles. The van der Waals surface area contributed by atoms with Crippen LogP contribution in [0.3, 0.4) is 0 Å². The second-order valence-electron chi connectivity index (χ2n) is 11.3. The highest BCUT2D eigenvalue weighted by molar-refractivity contribution is 6.09. The van der Waals surface area contributed by atoms with Gasteiger partial charge < -0.3 is 4.42 Å². The number of imidazole rings is 1. The van der Waals surface area contributed by atoms with E-state index >= 15 is 0 Å². The highest BCUT2D eigenvalue weighted by Crippen LogP contribution is 2.42. The Labute approximate surface area is 264 Å². The predicted octanol–water partition coefficient (Wildman–Crippen LogP) is 9.95. The molecule has 4 nitrogen and oxygen atoms in total. The summed E-state index contributed by atoms with van der Waals surface area (Å²) in [6.07, 6.45) is 0. The predicted molar refractivity (Wildman–Crippen MR) is 178 cm³/mol. The molecule has 214 valence electrons. The van der Waals surface area contributed by atoms with E-state index in [0.717, 1.165) is 27.5 Å². The standard InChI is InChI=1S/C39H38N3O/c1-23(2)31-21-28(27-13-9-8-10-14-27)22-32(24(3)4)36(31)42-34-16-12-11-15-33(34)41(7)39(42)35-25(5)17-19-29-30-20-18-26(6)40-38(30)43-37(29)35/h8-24H,1-7H3/q+1/i1D3,3D3,23D,24D. The maximum atomic E-state index is 9.57. The van der Waals surface area contributed by atoms with Crippen molar-refractivity contribution in [1.82, 2.24) is 9.55 Å². The summed E-state index contributed by atoms with van der Waals surface area (Å²) >= 11 is 0. The monoisotopic (exact) mass is 572 g/mol. The van der Waals surface area contributed by atoms with Gasteiger partial charge in [0.15, 0.2) is 16.6 Å². The normalized spacial score (nSPS) is 18.1. The largest absolute Gasteiger partial charge is 0.437 e. The fraction of sp³-hybridized carbons (Fsp3) is 0.231. The third-order valence-corrected chi connectivity index (χ3v) is 8.34. The maximum Gasteiger partial charge on any atom is 0.299 e. The molecule has 7 rings (SSSR count). The molecule has 0 aliphatic heterocycles. The van der Waals surface area contributed by atoms with Crippen molar-refractivity contribution < 1.29 is 20.0 Å². The van der Waals surface area contributed by atoms with E-state index in [9.17, 15) is 2.74 Å². The van der Waals surface area contributed by atoms with Crippen LogP contribution in [0.4, 0.5) is 0 Å². The molecule has 0 N–H and O–H groups in total. The SMILES string of the molecule is [2H]C([2H])([2H])C([2H])(C)c1cc(-c2ccccc2)cc(C([2H])(C)C([2H])([2H])[2H])c1-n1c(-c2c(C)ccc3c2oc2nc(C)ccc23)[n+](C)c2ccccc21.